The lowest BCUT2D eigenvalue weighted by molar-refractivity contribution is -0.141. The van der Waals surface area contributed by atoms with E-state index >= 15 is 0 Å². The van der Waals surface area contributed by atoms with Gasteiger partial charge in [0.2, 0.25) is 0 Å². The van der Waals surface area contributed by atoms with Gasteiger partial charge in [-0.15, -0.1) is 0 Å². The van der Waals surface area contributed by atoms with E-state index in [0.29, 0.717) is 36.2 Å². The van der Waals surface area contributed by atoms with Crippen molar-refractivity contribution in [2.45, 2.75) is 13.8 Å². The van der Waals surface area contributed by atoms with Gasteiger partial charge in [0.1, 0.15) is 13.2 Å². The zero-order valence-corrected chi connectivity index (χ0v) is 19.2. The van der Waals surface area contributed by atoms with Gasteiger partial charge in [0.15, 0.2) is 0 Å². The molecular weight excluding hydrogens is 443 g/mol. The van der Waals surface area contributed by atoms with Gasteiger partial charge in [0.05, 0.1) is 13.2 Å². The molecule has 0 saturated carbocycles. The topological polar surface area (TPSA) is 97.4 Å². The maximum Gasteiger partial charge on any atom is 0.474 e. The predicted molar refractivity (Wildman–Crippen MR) is 110 cm³/mol. The van der Waals surface area contributed by atoms with Gasteiger partial charge in [-0.25, -0.2) is 4.57 Å². The van der Waals surface area contributed by atoms with Crippen molar-refractivity contribution in [2.24, 2.45) is 0 Å². The van der Waals surface area contributed by atoms with E-state index in [1.165, 1.54) is 64.1 Å². The van der Waals surface area contributed by atoms with Crippen molar-refractivity contribution in [1.29, 1.82) is 0 Å². The van der Waals surface area contributed by atoms with Crippen LogP contribution in [0.4, 0.5) is 0 Å². The van der Waals surface area contributed by atoms with Crippen molar-refractivity contribution in [3.05, 3.63) is 0 Å². The molecule has 0 atom stereocenters. The number of phosphoric acid groups is 1. The summed E-state index contributed by atoms with van der Waals surface area (Å²) in [5.41, 5.74) is 0. The molecule has 0 aliphatic rings. The molecule has 0 amide bonds. The Bertz CT molecular complexity index is 406. The standard InChI is InChI=1S/C13H25O8PS4/c1-12(14)18-4-8-23-25-10-6-20-22(16,17-3)21-7-11-26-24-9-5-19-13(2)15/h4-11H2,1-3H3. The van der Waals surface area contributed by atoms with Crippen LogP contribution in [0.25, 0.3) is 0 Å². The molecule has 0 aromatic heterocycles. The molecule has 0 aromatic carbocycles. The summed E-state index contributed by atoms with van der Waals surface area (Å²) >= 11 is 0. The third-order valence-corrected chi connectivity index (χ3v) is 8.28. The van der Waals surface area contributed by atoms with Crippen molar-refractivity contribution < 1.29 is 37.2 Å². The lowest BCUT2D eigenvalue weighted by Gasteiger charge is -2.15. The van der Waals surface area contributed by atoms with Crippen LogP contribution in [0.15, 0.2) is 0 Å². The number of rotatable bonds is 17. The van der Waals surface area contributed by atoms with Crippen molar-refractivity contribution in [1.82, 2.24) is 0 Å². The highest BCUT2D eigenvalue weighted by Crippen LogP contribution is 2.48. The van der Waals surface area contributed by atoms with E-state index in [2.05, 4.69) is 0 Å². The van der Waals surface area contributed by atoms with Gasteiger partial charge in [-0.3, -0.25) is 23.2 Å². The predicted octanol–water partition coefficient (Wildman–Crippen LogP) is 3.66. The fraction of sp³-hybridized carbons (Fsp3) is 0.846. The Labute approximate surface area is 170 Å². The third kappa shape index (κ3) is 17.8. The maximum absolute atomic E-state index is 12.2. The first-order valence-corrected chi connectivity index (χ1v) is 14.0. The number of carbonyl (C=O) groups excluding carboxylic acids is 2. The van der Waals surface area contributed by atoms with E-state index in [4.69, 9.17) is 23.0 Å². The summed E-state index contributed by atoms with van der Waals surface area (Å²) in [6, 6.07) is 0. The first-order valence-electron chi connectivity index (χ1n) is 7.60. The maximum atomic E-state index is 12.2. The molecule has 0 N–H and O–H groups in total. The Morgan fingerprint density at radius 3 is 1.38 bits per heavy atom. The Morgan fingerprint density at radius 2 is 1.08 bits per heavy atom. The molecule has 13 heteroatoms. The monoisotopic (exact) mass is 468 g/mol. The molecule has 0 aliphatic heterocycles. The minimum Gasteiger partial charge on any atom is -0.465 e. The van der Waals surface area contributed by atoms with E-state index < -0.39 is 7.82 Å². The molecular formula is C13H25O8PS4. The number of phosphoric ester groups is 1. The van der Waals surface area contributed by atoms with Crippen LogP contribution in [0, 0.1) is 0 Å². The second-order valence-corrected chi connectivity index (χ2v) is 11.4. The molecule has 0 saturated heterocycles. The van der Waals surface area contributed by atoms with Gasteiger partial charge in [0, 0.05) is 44.0 Å². The molecule has 0 rings (SSSR count). The van der Waals surface area contributed by atoms with Crippen LogP contribution in [-0.2, 0) is 37.2 Å². The smallest absolute Gasteiger partial charge is 0.465 e. The normalized spacial score (nSPS) is 11.3. The number of carbonyl (C=O) groups is 2. The second kappa shape index (κ2) is 17.5. The Balaban J connectivity index is 3.59. The summed E-state index contributed by atoms with van der Waals surface area (Å²) in [5.74, 6) is 1.96. The highest BCUT2D eigenvalue weighted by atomic mass is 33.1. The fourth-order valence-corrected chi connectivity index (χ4v) is 5.65. The molecule has 0 radical (unpaired) electrons. The van der Waals surface area contributed by atoms with E-state index in [0.717, 1.165) is 0 Å². The van der Waals surface area contributed by atoms with E-state index in [-0.39, 0.29) is 25.2 Å². The average Bonchev–Trinajstić information content (AvgIpc) is 2.59. The van der Waals surface area contributed by atoms with Gasteiger partial charge >= 0.3 is 19.8 Å². The Hall–Kier alpha value is 0.450. The molecule has 154 valence electrons. The van der Waals surface area contributed by atoms with Crippen LogP contribution in [0.3, 0.4) is 0 Å². The molecule has 0 aromatic rings. The van der Waals surface area contributed by atoms with Gasteiger partial charge in [-0.2, -0.15) is 0 Å². The van der Waals surface area contributed by atoms with E-state index in [1.54, 1.807) is 0 Å². The van der Waals surface area contributed by atoms with Crippen molar-refractivity contribution in [3.8, 4) is 0 Å². The summed E-state index contributed by atoms with van der Waals surface area (Å²) in [7, 11) is 3.87. The molecule has 0 spiro atoms. The summed E-state index contributed by atoms with van der Waals surface area (Å²) in [6.07, 6.45) is 0. The molecule has 0 fully saturated rings. The van der Waals surface area contributed by atoms with Gasteiger partial charge in [-0.05, 0) is 0 Å². The van der Waals surface area contributed by atoms with E-state index in [1.807, 2.05) is 0 Å². The van der Waals surface area contributed by atoms with Crippen LogP contribution in [0.2, 0.25) is 0 Å². The zero-order chi connectivity index (χ0) is 19.7. The Kier molecular flexibility index (Phi) is 17.8. The van der Waals surface area contributed by atoms with Crippen molar-refractivity contribution in [2.75, 3.05) is 56.5 Å². The number of hydrogen-bond donors (Lipinski definition) is 0. The van der Waals surface area contributed by atoms with Crippen LogP contribution in [-0.4, -0.2) is 68.5 Å². The molecule has 0 bridgehead atoms. The third-order valence-electron chi connectivity index (χ3n) is 2.17. The lowest BCUT2D eigenvalue weighted by atomic mass is 10.8. The highest BCUT2D eigenvalue weighted by Gasteiger charge is 2.24. The van der Waals surface area contributed by atoms with Crippen molar-refractivity contribution in [3.63, 3.8) is 0 Å². The largest absolute Gasteiger partial charge is 0.474 e. The molecule has 0 aliphatic carbocycles. The summed E-state index contributed by atoms with van der Waals surface area (Å²) in [6.45, 7) is 3.91. The van der Waals surface area contributed by atoms with Crippen LogP contribution in [0.1, 0.15) is 13.8 Å². The summed E-state index contributed by atoms with van der Waals surface area (Å²) < 4.78 is 37.1. The van der Waals surface area contributed by atoms with Gasteiger partial charge in [0.25, 0.3) is 0 Å². The quantitative estimate of drug-likeness (QED) is 0.135. The summed E-state index contributed by atoms with van der Waals surface area (Å²) in [4.78, 5) is 21.2. The zero-order valence-electron chi connectivity index (χ0n) is 15.0. The van der Waals surface area contributed by atoms with Gasteiger partial charge in [-0.1, -0.05) is 43.2 Å². The number of hydrogen-bond acceptors (Lipinski definition) is 12. The van der Waals surface area contributed by atoms with E-state index in [9.17, 15) is 14.2 Å². The highest BCUT2D eigenvalue weighted by molar-refractivity contribution is 8.77. The van der Waals surface area contributed by atoms with Crippen molar-refractivity contribution >= 4 is 62.9 Å². The van der Waals surface area contributed by atoms with Crippen LogP contribution in [0.5, 0.6) is 0 Å². The van der Waals surface area contributed by atoms with Crippen LogP contribution < -0.4 is 0 Å². The minimum atomic E-state index is -3.53. The molecule has 8 nitrogen and oxygen atoms in total. The van der Waals surface area contributed by atoms with Gasteiger partial charge < -0.3 is 9.47 Å². The summed E-state index contributed by atoms with van der Waals surface area (Å²) in [5, 5.41) is 0. The average molecular weight is 469 g/mol. The number of ether oxygens (including phenoxy) is 2. The first kappa shape index (κ1) is 26.4. The minimum absolute atomic E-state index is 0.223. The fourth-order valence-electron chi connectivity index (χ4n) is 1.18. The second-order valence-electron chi connectivity index (χ2n) is 4.26. The Morgan fingerprint density at radius 1 is 0.731 bits per heavy atom. The first-order chi connectivity index (χ1) is 12.4. The number of esters is 2. The molecule has 26 heavy (non-hydrogen) atoms. The van der Waals surface area contributed by atoms with Crippen LogP contribution >= 0.6 is 51.0 Å². The molecule has 0 unspecified atom stereocenters. The lowest BCUT2D eigenvalue weighted by Crippen LogP contribution is -2.04. The molecule has 0 heterocycles. The SMILES string of the molecule is COP(=O)(OCCSSCCOC(C)=O)OCCSSCCOC(C)=O.